The lowest BCUT2D eigenvalue weighted by Crippen LogP contribution is -2.20. The monoisotopic (exact) mass is 337 g/mol. The normalized spacial score (nSPS) is 18.2. The van der Waals surface area contributed by atoms with E-state index in [1.54, 1.807) is 10.6 Å². The fourth-order valence-electron chi connectivity index (χ4n) is 3.60. The summed E-state index contributed by atoms with van der Waals surface area (Å²) in [5.74, 6) is 0.399. The third-order valence-electron chi connectivity index (χ3n) is 4.93. The molecule has 4 rings (SSSR count). The first-order valence-corrected chi connectivity index (χ1v) is 8.89. The molecule has 0 aliphatic carbocycles. The summed E-state index contributed by atoms with van der Waals surface area (Å²) < 4.78 is 1.55. The van der Waals surface area contributed by atoms with E-state index in [-0.39, 0.29) is 5.56 Å². The van der Waals surface area contributed by atoms with Gasteiger partial charge in [0.25, 0.3) is 5.56 Å². The lowest BCUT2D eigenvalue weighted by atomic mass is 10.1. The summed E-state index contributed by atoms with van der Waals surface area (Å²) >= 11 is 0. The predicted molar refractivity (Wildman–Crippen MR) is 96.8 cm³/mol. The first-order chi connectivity index (χ1) is 12.1. The molecule has 0 spiro atoms. The van der Waals surface area contributed by atoms with Gasteiger partial charge in [0, 0.05) is 48.2 Å². The van der Waals surface area contributed by atoms with Crippen LogP contribution >= 0.6 is 0 Å². The van der Waals surface area contributed by atoms with Crippen LogP contribution in [0.5, 0.6) is 0 Å². The van der Waals surface area contributed by atoms with E-state index in [0.29, 0.717) is 5.92 Å². The summed E-state index contributed by atoms with van der Waals surface area (Å²) in [7, 11) is 0. The molecule has 0 unspecified atom stereocenters. The standard InChI is InChI=1S/C19H23N5O/c1-3-15-9-19(25)24-18(21-15)10-17(22-24)14-7-8-23(11-14)12-16-6-4-5-13(2)20-16/h4-6,9-10,14,22H,3,7-8,11-12H2,1-2H3/t14-/m1/s1. The van der Waals surface area contributed by atoms with Gasteiger partial charge in [-0.3, -0.25) is 19.8 Å². The zero-order valence-corrected chi connectivity index (χ0v) is 14.7. The van der Waals surface area contributed by atoms with Gasteiger partial charge in [-0.2, -0.15) is 0 Å². The molecule has 0 radical (unpaired) electrons. The Morgan fingerprint density at radius 1 is 1.24 bits per heavy atom. The van der Waals surface area contributed by atoms with Crippen LogP contribution in [-0.2, 0) is 13.0 Å². The minimum absolute atomic E-state index is 0.0353. The second-order valence-electron chi connectivity index (χ2n) is 6.84. The largest absolute Gasteiger partial charge is 0.297 e. The highest BCUT2D eigenvalue weighted by molar-refractivity contribution is 5.41. The first kappa shape index (κ1) is 16.0. The van der Waals surface area contributed by atoms with Crippen LogP contribution < -0.4 is 5.56 Å². The van der Waals surface area contributed by atoms with Gasteiger partial charge >= 0.3 is 0 Å². The Morgan fingerprint density at radius 2 is 2.12 bits per heavy atom. The Hall–Kier alpha value is -2.47. The molecule has 6 nitrogen and oxygen atoms in total. The van der Waals surface area contributed by atoms with E-state index in [2.05, 4.69) is 32.1 Å². The molecule has 4 heterocycles. The minimum Gasteiger partial charge on any atom is -0.297 e. The number of likely N-dealkylation sites (tertiary alicyclic amines) is 1. The zero-order chi connectivity index (χ0) is 17.4. The summed E-state index contributed by atoms with van der Waals surface area (Å²) in [5, 5.41) is 3.25. The average Bonchev–Trinajstić information content (AvgIpc) is 3.21. The third kappa shape index (κ3) is 3.22. The molecule has 1 saturated heterocycles. The van der Waals surface area contributed by atoms with Crippen molar-refractivity contribution in [3.8, 4) is 0 Å². The molecule has 6 heteroatoms. The minimum atomic E-state index is -0.0353. The van der Waals surface area contributed by atoms with Crippen LogP contribution in [-0.4, -0.2) is 37.6 Å². The van der Waals surface area contributed by atoms with E-state index >= 15 is 0 Å². The van der Waals surface area contributed by atoms with Crippen molar-refractivity contribution < 1.29 is 0 Å². The predicted octanol–water partition coefficient (Wildman–Crippen LogP) is 2.28. The van der Waals surface area contributed by atoms with E-state index in [4.69, 9.17) is 0 Å². The van der Waals surface area contributed by atoms with Crippen molar-refractivity contribution in [2.75, 3.05) is 13.1 Å². The van der Waals surface area contributed by atoms with Crippen molar-refractivity contribution in [2.45, 2.75) is 39.2 Å². The van der Waals surface area contributed by atoms with Crippen molar-refractivity contribution in [3.05, 3.63) is 63.5 Å². The summed E-state index contributed by atoms with van der Waals surface area (Å²) in [6.45, 7) is 6.92. The van der Waals surface area contributed by atoms with Gasteiger partial charge in [-0.1, -0.05) is 13.0 Å². The van der Waals surface area contributed by atoms with Gasteiger partial charge in [0.2, 0.25) is 0 Å². The molecule has 0 aromatic carbocycles. The lowest BCUT2D eigenvalue weighted by Gasteiger charge is -2.15. The number of aromatic nitrogens is 4. The van der Waals surface area contributed by atoms with Gasteiger partial charge < -0.3 is 0 Å². The quantitative estimate of drug-likeness (QED) is 0.793. The molecular weight excluding hydrogens is 314 g/mol. The van der Waals surface area contributed by atoms with Crippen molar-refractivity contribution in [1.29, 1.82) is 0 Å². The fourth-order valence-corrected chi connectivity index (χ4v) is 3.60. The van der Waals surface area contributed by atoms with Crippen molar-refractivity contribution in [3.63, 3.8) is 0 Å². The molecule has 0 saturated carbocycles. The summed E-state index contributed by atoms with van der Waals surface area (Å²) in [5.41, 5.74) is 4.79. The van der Waals surface area contributed by atoms with Crippen LogP contribution in [0.2, 0.25) is 0 Å². The molecule has 25 heavy (non-hydrogen) atoms. The van der Waals surface area contributed by atoms with Crippen LogP contribution in [0.1, 0.15) is 42.0 Å². The number of H-pyrrole nitrogens is 1. The summed E-state index contributed by atoms with van der Waals surface area (Å²) in [6.07, 6.45) is 1.85. The smallest absolute Gasteiger partial charge is 0.272 e. The molecular formula is C19H23N5O. The molecule has 130 valence electrons. The Labute approximate surface area is 146 Å². The van der Waals surface area contributed by atoms with E-state index in [1.807, 2.05) is 26.0 Å². The van der Waals surface area contributed by atoms with Gasteiger partial charge in [0.1, 0.15) is 0 Å². The van der Waals surface area contributed by atoms with Gasteiger partial charge in [0.05, 0.1) is 5.69 Å². The van der Waals surface area contributed by atoms with E-state index in [1.165, 1.54) is 0 Å². The lowest BCUT2D eigenvalue weighted by molar-refractivity contribution is 0.322. The molecule has 1 N–H and O–H groups in total. The Bertz CT molecular complexity index is 958. The molecule has 0 bridgehead atoms. The zero-order valence-electron chi connectivity index (χ0n) is 14.7. The number of hydrogen-bond acceptors (Lipinski definition) is 4. The highest BCUT2D eigenvalue weighted by atomic mass is 16.1. The van der Waals surface area contributed by atoms with Gasteiger partial charge in [0.15, 0.2) is 5.65 Å². The number of nitrogens with zero attached hydrogens (tertiary/aromatic N) is 4. The van der Waals surface area contributed by atoms with Crippen LogP contribution in [0.15, 0.2) is 35.1 Å². The molecule has 1 aliphatic rings. The number of fused-ring (bicyclic) bond motifs is 1. The highest BCUT2D eigenvalue weighted by Crippen LogP contribution is 2.27. The Balaban J connectivity index is 1.52. The van der Waals surface area contributed by atoms with E-state index in [9.17, 15) is 4.79 Å². The molecule has 3 aromatic rings. The molecule has 1 atom stereocenters. The Morgan fingerprint density at radius 3 is 2.92 bits per heavy atom. The topological polar surface area (TPSA) is 66.3 Å². The average molecular weight is 337 g/mol. The second-order valence-corrected chi connectivity index (χ2v) is 6.84. The van der Waals surface area contributed by atoms with Crippen LogP contribution in [0, 0.1) is 6.92 Å². The number of nitrogens with one attached hydrogen (secondary N) is 1. The number of aromatic amines is 1. The second kappa shape index (κ2) is 6.44. The maximum atomic E-state index is 12.2. The number of rotatable bonds is 4. The number of hydrogen-bond donors (Lipinski definition) is 1. The summed E-state index contributed by atoms with van der Waals surface area (Å²) in [4.78, 5) is 23.8. The van der Waals surface area contributed by atoms with Crippen LogP contribution in [0.4, 0.5) is 0 Å². The van der Waals surface area contributed by atoms with Gasteiger partial charge in [-0.05, 0) is 38.4 Å². The molecule has 1 fully saturated rings. The van der Waals surface area contributed by atoms with Crippen molar-refractivity contribution in [2.24, 2.45) is 0 Å². The van der Waals surface area contributed by atoms with E-state index in [0.717, 1.165) is 60.9 Å². The van der Waals surface area contributed by atoms with E-state index < -0.39 is 0 Å². The first-order valence-electron chi connectivity index (χ1n) is 8.89. The van der Waals surface area contributed by atoms with Crippen molar-refractivity contribution in [1.82, 2.24) is 24.5 Å². The maximum absolute atomic E-state index is 12.2. The fraction of sp³-hybridized carbons (Fsp3) is 0.421. The van der Waals surface area contributed by atoms with Crippen LogP contribution in [0.3, 0.4) is 0 Å². The molecule has 3 aromatic heterocycles. The number of aryl methyl sites for hydroxylation is 2. The highest BCUT2D eigenvalue weighted by Gasteiger charge is 2.26. The summed E-state index contributed by atoms with van der Waals surface area (Å²) in [6, 6.07) is 9.80. The van der Waals surface area contributed by atoms with Gasteiger partial charge in [-0.25, -0.2) is 9.50 Å². The van der Waals surface area contributed by atoms with Crippen LogP contribution in [0.25, 0.3) is 5.65 Å². The molecule has 1 aliphatic heterocycles. The SMILES string of the molecule is CCc1cc(=O)n2[nH]c([C@@H]3CCN(Cc4cccc(C)n4)C3)cc2n1. The molecule has 0 amide bonds. The number of pyridine rings is 1. The van der Waals surface area contributed by atoms with Gasteiger partial charge in [-0.15, -0.1) is 0 Å². The van der Waals surface area contributed by atoms with Crippen molar-refractivity contribution >= 4 is 5.65 Å². The maximum Gasteiger partial charge on any atom is 0.272 e. The Kier molecular flexibility index (Phi) is 4.13. The third-order valence-corrected chi connectivity index (χ3v) is 4.93.